The van der Waals surface area contributed by atoms with E-state index in [9.17, 15) is 0 Å². The van der Waals surface area contributed by atoms with Gasteiger partial charge in [0.05, 0.1) is 11.4 Å². The number of aryl methyl sites for hydroxylation is 2. The Bertz CT molecular complexity index is 719. The quantitative estimate of drug-likeness (QED) is 0.693. The molecule has 0 saturated carbocycles. The Kier molecular flexibility index (Phi) is 3.96. The number of benzene rings is 1. The first-order valence-electron chi connectivity index (χ1n) is 6.62. The Morgan fingerprint density at radius 2 is 1.90 bits per heavy atom. The lowest BCUT2D eigenvalue weighted by Gasteiger charge is -2.06. The zero-order valence-electron chi connectivity index (χ0n) is 11.9. The number of tetrazole rings is 1. The first-order valence-corrected chi connectivity index (χ1v) is 7.61. The van der Waals surface area contributed by atoms with Crippen molar-refractivity contribution in [1.82, 2.24) is 25.2 Å². The second-order valence-electron chi connectivity index (χ2n) is 4.83. The third-order valence-corrected chi connectivity index (χ3v) is 3.92. The summed E-state index contributed by atoms with van der Waals surface area (Å²) in [5.41, 5.74) is 4.39. The summed E-state index contributed by atoms with van der Waals surface area (Å²) >= 11 is 1.58. The maximum absolute atomic E-state index is 4.31. The summed E-state index contributed by atoms with van der Waals surface area (Å²) in [6.45, 7) is 4.14. The van der Waals surface area contributed by atoms with Crippen molar-refractivity contribution in [3.05, 3.63) is 59.4 Å². The summed E-state index contributed by atoms with van der Waals surface area (Å²) in [5, 5.41) is 12.8. The summed E-state index contributed by atoms with van der Waals surface area (Å²) in [6, 6.07) is 12.2. The number of hydrogen-bond acceptors (Lipinski definition) is 5. The number of rotatable bonds is 4. The van der Waals surface area contributed by atoms with Gasteiger partial charge >= 0.3 is 0 Å². The Hall–Kier alpha value is -2.21. The smallest absolute Gasteiger partial charge is 0.214 e. The lowest BCUT2D eigenvalue weighted by atomic mass is 10.1. The molecule has 0 aliphatic carbocycles. The van der Waals surface area contributed by atoms with Crippen LogP contribution in [0.25, 0.3) is 5.69 Å². The number of hydrogen-bond donors (Lipinski definition) is 0. The predicted molar refractivity (Wildman–Crippen MR) is 82.4 cm³/mol. The van der Waals surface area contributed by atoms with Gasteiger partial charge in [-0.25, -0.2) is 0 Å². The standard InChI is InChI=1S/C15H15N5S/c1-11-7-12(2)9-14(8-11)20-15(17-18-19-20)21-10-13-5-3-4-6-16-13/h3-9H,10H2,1-2H3. The molecule has 0 amide bonds. The van der Waals surface area contributed by atoms with Crippen molar-refractivity contribution >= 4 is 11.8 Å². The van der Waals surface area contributed by atoms with Gasteiger partial charge in [0.2, 0.25) is 5.16 Å². The van der Waals surface area contributed by atoms with Gasteiger partial charge in [-0.15, -0.1) is 5.10 Å². The van der Waals surface area contributed by atoms with E-state index in [-0.39, 0.29) is 0 Å². The molecule has 2 aromatic heterocycles. The van der Waals surface area contributed by atoms with Crippen molar-refractivity contribution in [2.75, 3.05) is 0 Å². The van der Waals surface area contributed by atoms with Crippen LogP contribution in [0.1, 0.15) is 16.8 Å². The van der Waals surface area contributed by atoms with Crippen LogP contribution in [-0.4, -0.2) is 25.2 Å². The Morgan fingerprint density at radius 1 is 1.10 bits per heavy atom. The van der Waals surface area contributed by atoms with E-state index in [1.807, 2.05) is 18.2 Å². The second-order valence-corrected chi connectivity index (χ2v) is 5.77. The van der Waals surface area contributed by atoms with Crippen molar-refractivity contribution in [3.8, 4) is 5.69 Å². The fourth-order valence-electron chi connectivity index (χ4n) is 2.13. The van der Waals surface area contributed by atoms with Crippen LogP contribution in [0, 0.1) is 13.8 Å². The number of nitrogens with zero attached hydrogens (tertiary/aromatic N) is 5. The normalized spacial score (nSPS) is 10.8. The molecule has 0 aliphatic rings. The van der Waals surface area contributed by atoms with E-state index in [1.54, 1.807) is 22.6 Å². The fourth-order valence-corrected chi connectivity index (χ4v) is 2.93. The van der Waals surface area contributed by atoms with Crippen LogP contribution in [0.4, 0.5) is 0 Å². The topological polar surface area (TPSA) is 56.5 Å². The number of thioether (sulfide) groups is 1. The minimum Gasteiger partial charge on any atom is -0.260 e. The minimum absolute atomic E-state index is 0.742. The second kappa shape index (κ2) is 6.05. The van der Waals surface area contributed by atoms with Crippen molar-refractivity contribution in [2.24, 2.45) is 0 Å². The average molecular weight is 297 g/mol. The Morgan fingerprint density at radius 3 is 2.62 bits per heavy atom. The average Bonchev–Trinajstić information content (AvgIpc) is 2.93. The lowest BCUT2D eigenvalue weighted by molar-refractivity contribution is 0.755. The van der Waals surface area contributed by atoms with Crippen LogP contribution in [0.15, 0.2) is 47.8 Å². The molecule has 0 N–H and O–H groups in total. The van der Waals surface area contributed by atoms with Crippen LogP contribution in [0.2, 0.25) is 0 Å². The van der Waals surface area contributed by atoms with Gasteiger partial charge in [0.25, 0.3) is 0 Å². The summed E-state index contributed by atoms with van der Waals surface area (Å²) < 4.78 is 1.77. The van der Waals surface area contributed by atoms with Crippen LogP contribution < -0.4 is 0 Å². The molecule has 106 valence electrons. The highest BCUT2D eigenvalue weighted by atomic mass is 32.2. The van der Waals surface area contributed by atoms with Crippen LogP contribution >= 0.6 is 11.8 Å². The first kappa shape index (κ1) is 13.8. The van der Waals surface area contributed by atoms with E-state index in [4.69, 9.17) is 0 Å². The van der Waals surface area contributed by atoms with E-state index < -0.39 is 0 Å². The molecule has 0 bridgehead atoms. The zero-order chi connectivity index (χ0) is 14.7. The Balaban J connectivity index is 1.84. The molecule has 3 rings (SSSR count). The summed E-state index contributed by atoms with van der Waals surface area (Å²) in [4.78, 5) is 4.31. The SMILES string of the molecule is Cc1cc(C)cc(-n2nnnc2SCc2ccccn2)c1. The molecule has 0 aliphatic heterocycles. The third kappa shape index (κ3) is 3.28. The highest BCUT2D eigenvalue weighted by Crippen LogP contribution is 2.22. The van der Waals surface area contributed by atoms with E-state index in [0.29, 0.717) is 0 Å². The molecule has 0 atom stereocenters. The molecule has 0 radical (unpaired) electrons. The highest BCUT2D eigenvalue weighted by molar-refractivity contribution is 7.98. The van der Waals surface area contributed by atoms with E-state index in [2.05, 4.69) is 52.6 Å². The molecular formula is C15H15N5S. The fraction of sp³-hybridized carbons (Fsp3) is 0.200. The van der Waals surface area contributed by atoms with Crippen LogP contribution in [-0.2, 0) is 5.75 Å². The monoisotopic (exact) mass is 297 g/mol. The van der Waals surface area contributed by atoms with Gasteiger partial charge in [0.1, 0.15) is 0 Å². The minimum atomic E-state index is 0.742. The predicted octanol–water partition coefficient (Wildman–Crippen LogP) is 2.97. The largest absolute Gasteiger partial charge is 0.260 e. The molecule has 1 aromatic carbocycles. The molecule has 0 spiro atoms. The summed E-state index contributed by atoms with van der Waals surface area (Å²) in [6.07, 6.45) is 1.79. The number of aromatic nitrogens is 5. The van der Waals surface area contributed by atoms with Gasteiger partial charge in [0.15, 0.2) is 0 Å². The molecule has 21 heavy (non-hydrogen) atoms. The summed E-state index contributed by atoms with van der Waals surface area (Å²) in [7, 11) is 0. The molecular weight excluding hydrogens is 282 g/mol. The lowest BCUT2D eigenvalue weighted by Crippen LogP contribution is -2.00. The maximum Gasteiger partial charge on any atom is 0.214 e. The van der Waals surface area contributed by atoms with E-state index in [0.717, 1.165) is 22.3 Å². The van der Waals surface area contributed by atoms with Gasteiger partial charge in [-0.3, -0.25) is 4.98 Å². The van der Waals surface area contributed by atoms with Crippen molar-refractivity contribution in [3.63, 3.8) is 0 Å². The molecule has 0 fully saturated rings. The molecule has 5 nitrogen and oxygen atoms in total. The molecule has 0 unspecified atom stereocenters. The molecule has 3 aromatic rings. The first-order chi connectivity index (χ1) is 10.2. The van der Waals surface area contributed by atoms with E-state index >= 15 is 0 Å². The molecule has 2 heterocycles. The maximum atomic E-state index is 4.31. The van der Waals surface area contributed by atoms with Crippen molar-refractivity contribution in [1.29, 1.82) is 0 Å². The Labute approximate surface area is 127 Å². The van der Waals surface area contributed by atoms with E-state index in [1.165, 1.54) is 11.1 Å². The van der Waals surface area contributed by atoms with Gasteiger partial charge in [-0.05, 0) is 59.7 Å². The van der Waals surface area contributed by atoms with Crippen molar-refractivity contribution in [2.45, 2.75) is 24.8 Å². The molecule has 0 saturated heterocycles. The van der Waals surface area contributed by atoms with Crippen molar-refractivity contribution < 1.29 is 0 Å². The van der Waals surface area contributed by atoms with Crippen LogP contribution in [0.3, 0.4) is 0 Å². The van der Waals surface area contributed by atoms with Gasteiger partial charge in [0, 0.05) is 11.9 Å². The van der Waals surface area contributed by atoms with Gasteiger partial charge in [-0.2, -0.15) is 4.68 Å². The van der Waals surface area contributed by atoms with Gasteiger partial charge in [-0.1, -0.05) is 23.9 Å². The highest BCUT2D eigenvalue weighted by Gasteiger charge is 2.10. The van der Waals surface area contributed by atoms with Gasteiger partial charge < -0.3 is 0 Å². The van der Waals surface area contributed by atoms with Crippen LogP contribution in [0.5, 0.6) is 0 Å². The molecule has 6 heteroatoms. The number of pyridine rings is 1. The zero-order valence-corrected chi connectivity index (χ0v) is 12.7. The third-order valence-electron chi connectivity index (χ3n) is 2.97. The summed E-state index contributed by atoms with van der Waals surface area (Å²) in [5.74, 6) is 0.742.